The van der Waals surface area contributed by atoms with Gasteiger partial charge in [0.15, 0.2) is 0 Å². The summed E-state index contributed by atoms with van der Waals surface area (Å²) in [6.07, 6.45) is 0. The SMILES string of the molecule is c1ccc(-c2c(-c3ccc(N(c4ccc5ccccc5c4-c4ccccc4)c4cccc5ccccc45)cc3)cccc2-n2c3ccccc3c3c4ccccc4ccc32)cc1. The molecule has 0 aliphatic rings. The average molecular weight is 789 g/mol. The quantitative estimate of drug-likeness (QED) is 0.156. The van der Waals surface area contributed by atoms with Crippen molar-refractivity contribution in [2.24, 2.45) is 0 Å². The number of para-hydroxylation sites is 1. The van der Waals surface area contributed by atoms with E-state index in [4.69, 9.17) is 0 Å². The Balaban J connectivity index is 1.08. The molecular formula is C60H40N2. The minimum absolute atomic E-state index is 1.09. The first-order valence-corrected chi connectivity index (χ1v) is 21.4. The largest absolute Gasteiger partial charge is 0.309 e. The monoisotopic (exact) mass is 788 g/mol. The van der Waals surface area contributed by atoms with Crippen LogP contribution in [0, 0.1) is 0 Å². The highest BCUT2D eigenvalue weighted by Gasteiger charge is 2.23. The predicted molar refractivity (Wildman–Crippen MR) is 264 cm³/mol. The van der Waals surface area contributed by atoms with Gasteiger partial charge in [0.2, 0.25) is 0 Å². The summed E-state index contributed by atoms with van der Waals surface area (Å²) in [5.74, 6) is 0. The second kappa shape index (κ2) is 14.8. The third-order valence-electron chi connectivity index (χ3n) is 12.6. The lowest BCUT2D eigenvalue weighted by atomic mass is 9.92. The third kappa shape index (κ3) is 5.80. The molecule has 0 amide bonds. The van der Waals surface area contributed by atoms with Crippen LogP contribution in [0.15, 0.2) is 243 Å². The number of hydrogen-bond acceptors (Lipinski definition) is 1. The van der Waals surface area contributed by atoms with Gasteiger partial charge in [0.1, 0.15) is 0 Å². The summed E-state index contributed by atoms with van der Waals surface area (Å²) in [6.45, 7) is 0. The zero-order chi connectivity index (χ0) is 41.0. The van der Waals surface area contributed by atoms with Crippen LogP contribution in [0.1, 0.15) is 0 Å². The second-order valence-corrected chi connectivity index (χ2v) is 16.0. The van der Waals surface area contributed by atoms with E-state index in [0.29, 0.717) is 0 Å². The zero-order valence-electron chi connectivity index (χ0n) is 34.0. The summed E-state index contributed by atoms with van der Waals surface area (Å²) in [5, 5.41) is 9.89. The number of rotatable bonds is 7. The van der Waals surface area contributed by atoms with Crippen LogP contribution < -0.4 is 4.90 Å². The molecule has 0 radical (unpaired) electrons. The van der Waals surface area contributed by atoms with Crippen molar-refractivity contribution in [2.75, 3.05) is 4.90 Å². The van der Waals surface area contributed by atoms with E-state index in [1.165, 1.54) is 81.9 Å². The van der Waals surface area contributed by atoms with E-state index >= 15 is 0 Å². The van der Waals surface area contributed by atoms with E-state index in [1.807, 2.05) is 0 Å². The Morgan fingerprint density at radius 3 is 1.58 bits per heavy atom. The minimum atomic E-state index is 1.09. The van der Waals surface area contributed by atoms with Gasteiger partial charge in [0, 0.05) is 33.0 Å². The molecule has 0 N–H and O–H groups in total. The Bertz CT molecular complexity index is 3620. The van der Waals surface area contributed by atoms with Crippen LogP contribution in [0.4, 0.5) is 17.1 Å². The van der Waals surface area contributed by atoms with Gasteiger partial charge in [-0.15, -0.1) is 0 Å². The number of nitrogens with zero attached hydrogens (tertiary/aromatic N) is 2. The standard InChI is InChI=1S/C60H40N2/c1-3-20-45(21-4-1)58-50(29-16-32-55(58)62-54-30-14-13-28-52(54)60-51-27-12-9-19-43(51)36-40-57(60)62)44-33-37-47(38-34-44)61(53-31-15-24-41-17-7-10-25-48(41)53)56-39-35-42-18-8-11-26-49(42)59(56)46-22-5-2-6-23-46/h1-40H. The Morgan fingerprint density at radius 1 is 0.290 bits per heavy atom. The van der Waals surface area contributed by atoms with Crippen LogP contribution in [-0.4, -0.2) is 4.57 Å². The molecule has 11 aromatic carbocycles. The maximum atomic E-state index is 2.48. The van der Waals surface area contributed by atoms with Gasteiger partial charge in [-0.2, -0.15) is 0 Å². The van der Waals surface area contributed by atoms with Gasteiger partial charge < -0.3 is 9.47 Å². The van der Waals surface area contributed by atoms with Crippen molar-refractivity contribution in [1.29, 1.82) is 0 Å². The van der Waals surface area contributed by atoms with Crippen molar-refractivity contribution in [3.05, 3.63) is 243 Å². The lowest BCUT2D eigenvalue weighted by molar-refractivity contribution is 1.18. The lowest BCUT2D eigenvalue weighted by Crippen LogP contribution is -2.12. The molecule has 0 aliphatic carbocycles. The normalized spacial score (nSPS) is 11.5. The molecule has 0 fully saturated rings. The molecule has 12 rings (SSSR count). The fourth-order valence-corrected chi connectivity index (χ4v) is 9.83. The molecule has 1 aromatic heterocycles. The van der Waals surface area contributed by atoms with Crippen LogP contribution in [0.5, 0.6) is 0 Å². The molecule has 12 aromatic rings. The molecule has 0 aliphatic heterocycles. The van der Waals surface area contributed by atoms with E-state index in [9.17, 15) is 0 Å². The van der Waals surface area contributed by atoms with Gasteiger partial charge in [0.25, 0.3) is 0 Å². The van der Waals surface area contributed by atoms with E-state index in [2.05, 4.69) is 252 Å². The Labute approximate surface area is 360 Å². The van der Waals surface area contributed by atoms with Crippen molar-refractivity contribution < 1.29 is 0 Å². The molecule has 0 unspecified atom stereocenters. The van der Waals surface area contributed by atoms with Crippen molar-refractivity contribution in [2.45, 2.75) is 0 Å². The second-order valence-electron chi connectivity index (χ2n) is 16.0. The third-order valence-corrected chi connectivity index (χ3v) is 12.6. The summed E-state index contributed by atoms with van der Waals surface area (Å²) in [6, 6.07) is 88.5. The van der Waals surface area contributed by atoms with Crippen LogP contribution in [0.25, 0.3) is 93.2 Å². The number of fused-ring (bicyclic) bond motifs is 7. The molecule has 290 valence electrons. The molecule has 0 saturated carbocycles. The van der Waals surface area contributed by atoms with Gasteiger partial charge in [0.05, 0.1) is 28.1 Å². The van der Waals surface area contributed by atoms with Gasteiger partial charge in [-0.1, -0.05) is 200 Å². The zero-order valence-corrected chi connectivity index (χ0v) is 34.0. The highest BCUT2D eigenvalue weighted by Crippen LogP contribution is 2.48. The van der Waals surface area contributed by atoms with Gasteiger partial charge >= 0.3 is 0 Å². The van der Waals surface area contributed by atoms with E-state index in [0.717, 1.165) is 28.3 Å². The molecular weight excluding hydrogens is 749 g/mol. The van der Waals surface area contributed by atoms with Gasteiger partial charge in [-0.25, -0.2) is 0 Å². The molecule has 1 heterocycles. The maximum Gasteiger partial charge on any atom is 0.0547 e. The lowest BCUT2D eigenvalue weighted by Gasteiger charge is -2.30. The van der Waals surface area contributed by atoms with Crippen LogP contribution >= 0.6 is 0 Å². The van der Waals surface area contributed by atoms with E-state index in [-0.39, 0.29) is 0 Å². The van der Waals surface area contributed by atoms with Crippen molar-refractivity contribution >= 4 is 71.2 Å². The molecule has 0 bridgehead atoms. The fourth-order valence-electron chi connectivity index (χ4n) is 9.83. The fraction of sp³-hybridized carbons (Fsp3) is 0. The van der Waals surface area contributed by atoms with Crippen molar-refractivity contribution in [3.8, 4) is 39.1 Å². The van der Waals surface area contributed by atoms with Crippen molar-refractivity contribution in [1.82, 2.24) is 4.57 Å². The molecule has 2 heteroatoms. The summed E-state index contributed by atoms with van der Waals surface area (Å²) in [4.78, 5) is 2.46. The first-order valence-electron chi connectivity index (χ1n) is 21.4. The maximum absolute atomic E-state index is 2.48. The Hall–Kier alpha value is -8.20. The van der Waals surface area contributed by atoms with Crippen LogP contribution in [0.2, 0.25) is 0 Å². The minimum Gasteiger partial charge on any atom is -0.309 e. The first-order chi connectivity index (χ1) is 30.8. The Kier molecular flexibility index (Phi) is 8.53. The molecule has 2 nitrogen and oxygen atoms in total. The number of anilines is 3. The molecule has 0 spiro atoms. The molecule has 0 saturated heterocycles. The topological polar surface area (TPSA) is 8.17 Å². The number of hydrogen-bond donors (Lipinski definition) is 0. The smallest absolute Gasteiger partial charge is 0.0547 e. The number of benzene rings is 11. The van der Waals surface area contributed by atoms with Crippen LogP contribution in [-0.2, 0) is 0 Å². The van der Waals surface area contributed by atoms with Gasteiger partial charge in [-0.3, -0.25) is 0 Å². The summed E-state index contributed by atoms with van der Waals surface area (Å²) >= 11 is 0. The van der Waals surface area contributed by atoms with E-state index < -0.39 is 0 Å². The Morgan fingerprint density at radius 2 is 0.839 bits per heavy atom. The van der Waals surface area contributed by atoms with Gasteiger partial charge in [-0.05, 0) is 91.6 Å². The average Bonchev–Trinajstić information content (AvgIpc) is 3.69. The summed E-state index contributed by atoms with van der Waals surface area (Å²) < 4.78 is 2.48. The predicted octanol–water partition coefficient (Wildman–Crippen LogP) is 16.7. The summed E-state index contributed by atoms with van der Waals surface area (Å²) in [7, 11) is 0. The first kappa shape index (κ1) is 35.7. The highest BCUT2D eigenvalue weighted by molar-refractivity contribution is 6.21. The molecule has 62 heavy (non-hydrogen) atoms. The molecule has 0 atom stereocenters. The number of aromatic nitrogens is 1. The van der Waals surface area contributed by atoms with Crippen LogP contribution in [0.3, 0.4) is 0 Å². The van der Waals surface area contributed by atoms with Crippen molar-refractivity contribution in [3.63, 3.8) is 0 Å². The van der Waals surface area contributed by atoms with E-state index in [1.54, 1.807) is 0 Å². The highest BCUT2D eigenvalue weighted by atomic mass is 15.1. The summed E-state index contributed by atoms with van der Waals surface area (Å²) in [5.41, 5.74) is 14.0.